The van der Waals surface area contributed by atoms with Crippen LogP contribution in [0.25, 0.3) is 0 Å². The Morgan fingerprint density at radius 2 is 2.16 bits per heavy atom. The summed E-state index contributed by atoms with van der Waals surface area (Å²) in [4.78, 5) is 32.0. The van der Waals surface area contributed by atoms with Gasteiger partial charge in [-0.25, -0.2) is 9.97 Å². The van der Waals surface area contributed by atoms with Gasteiger partial charge in [-0.1, -0.05) is 12.1 Å². The number of aromatic nitrogens is 2. The molecule has 2 aromatic rings. The van der Waals surface area contributed by atoms with Gasteiger partial charge < -0.3 is 15.4 Å². The number of rotatable bonds is 6. The molecule has 1 amide bonds. The maximum atomic E-state index is 12.2. The first-order chi connectivity index (χ1) is 12.1. The zero-order valence-corrected chi connectivity index (χ0v) is 14.0. The van der Waals surface area contributed by atoms with E-state index >= 15 is 0 Å². The van der Waals surface area contributed by atoms with E-state index in [9.17, 15) is 9.59 Å². The molecular formula is C18H20N4O3. The molecule has 25 heavy (non-hydrogen) atoms. The van der Waals surface area contributed by atoms with E-state index in [1.807, 2.05) is 0 Å². The highest BCUT2D eigenvalue weighted by Gasteiger charge is 2.15. The van der Waals surface area contributed by atoms with Gasteiger partial charge in [0.2, 0.25) is 0 Å². The first kappa shape index (κ1) is 17.0. The third-order valence-electron chi connectivity index (χ3n) is 3.95. The topological polar surface area (TPSA) is 93.2 Å². The number of carbonyl (C=O) groups excluding carboxylic acids is 2. The fourth-order valence-corrected chi connectivity index (χ4v) is 2.57. The molecule has 0 bridgehead atoms. The number of anilines is 2. The molecule has 7 nitrogen and oxygen atoms in total. The van der Waals surface area contributed by atoms with Crippen molar-refractivity contribution in [3.8, 4) is 0 Å². The van der Waals surface area contributed by atoms with Crippen LogP contribution in [0, 0.1) is 0 Å². The van der Waals surface area contributed by atoms with Crippen molar-refractivity contribution >= 4 is 23.2 Å². The van der Waals surface area contributed by atoms with Gasteiger partial charge in [-0.3, -0.25) is 9.59 Å². The third kappa shape index (κ3) is 4.60. The van der Waals surface area contributed by atoms with Crippen molar-refractivity contribution in [1.82, 2.24) is 9.97 Å². The summed E-state index contributed by atoms with van der Waals surface area (Å²) in [7, 11) is 0. The molecule has 130 valence electrons. The number of hydrogen-bond acceptors (Lipinski definition) is 6. The second kappa shape index (κ2) is 7.85. The van der Waals surface area contributed by atoms with Crippen molar-refractivity contribution in [2.75, 3.05) is 23.8 Å². The smallest absolute Gasteiger partial charge is 0.275 e. The number of amides is 1. The van der Waals surface area contributed by atoms with Gasteiger partial charge in [0.15, 0.2) is 5.78 Å². The molecule has 2 heterocycles. The molecule has 0 spiro atoms. The van der Waals surface area contributed by atoms with Crippen LogP contribution in [-0.4, -0.2) is 40.9 Å². The molecule has 1 aromatic carbocycles. The fraction of sp³-hybridized carbons (Fsp3) is 0.333. The zero-order valence-electron chi connectivity index (χ0n) is 14.0. The van der Waals surface area contributed by atoms with Gasteiger partial charge in [-0.05, 0) is 31.9 Å². The Balaban J connectivity index is 1.58. The summed E-state index contributed by atoms with van der Waals surface area (Å²) in [5.74, 6) is 0.169. The van der Waals surface area contributed by atoms with Crippen molar-refractivity contribution in [3.05, 3.63) is 47.9 Å². The molecule has 0 aliphatic carbocycles. The lowest BCUT2D eigenvalue weighted by atomic mass is 10.1. The molecule has 1 atom stereocenters. The average Bonchev–Trinajstić information content (AvgIpc) is 3.14. The number of nitrogens with zero attached hydrogens (tertiary/aromatic N) is 2. The van der Waals surface area contributed by atoms with Gasteiger partial charge in [0.25, 0.3) is 5.91 Å². The van der Waals surface area contributed by atoms with E-state index in [-0.39, 0.29) is 23.5 Å². The van der Waals surface area contributed by atoms with Crippen molar-refractivity contribution < 1.29 is 14.3 Å². The minimum absolute atomic E-state index is 0.0578. The predicted octanol–water partition coefficient (Wildman–Crippen LogP) is 2.52. The van der Waals surface area contributed by atoms with Crippen molar-refractivity contribution in [1.29, 1.82) is 0 Å². The van der Waals surface area contributed by atoms with Crippen LogP contribution in [0.4, 0.5) is 11.5 Å². The van der Waals surface area contributed by atoms with E-state index in [4.69, 9.17) is 4.74 Å². The molecular weight excluding hydrogens is 320 g/mol. The standard InChI is InChI=1S/C18H20N4O3/c1-12(23)13-4-2-5-14(8-13)22-18(24)16-10-21-17(11-19-16)20-9-15-6-3-7-25-15/h2,4-5,8,10-11,15H,3,6-7,9H2,1H3,(H,20,21)(H,22,24). The molecule has 7 heteroatoms. The first-order valence-corrected chi connectivity index (χ1v) is 8.22. The van der Waals surface area contributed by atoms with Gasteiger partial charge in [0.05, 0.1) is 18.5 Å². The number of ether oxygens (including phenoxy) is 1. The van der Waals surface area contributed by atoms with Crippen LogP contribution in [0.2, 0.25) is 0 Å². The molecule has 1 unspecified atom stereocenters. The van der Waals surface area contributed by atoms with Crippen molar-refractivity contribution in [2.45, 2.75) is 25.9 Å². The summed E-state index contributed by atoms with van der Waals surface area (Å²) in [5.41, 5.74) is 1.29. The number of hydrogen-bond donors (Lipinski definition) is 2. The number of Topliss-reactive ketones (excluding diaryl/α,β-unsaturated/α-hetero) is 1. The van der Waals surface area contributed by atoms with Crippen LogP contribution in [0.3, 0.4) is 0 Å². The van der Waals surface area contributed by atoms with E-state index in [1.165, 1.54) is 19.3 Å². The summed E-state index contributed by atoms with van der Waals surface area (Å²) in [6.07, 6.45) is 5.28. The first-order valence-electron chi connectivity index (χ1n) is 8.22. The Kier molecular flexibility index (Phi) is 5.35. The summed E-state index contributed by atoms with van der Waals surface area (Å²) in [6, 6.07) is 6.77. The SMILES string of the molecule is CC(=O)c1cccc(NC(=O)c2cnc(NCC3CCCO3)cn2)c1. The maximum Gasteiger partial charge on any atom is 0.275 e. The molecule has 2 N–H and O–H groups in total. The van der Waals surface area contributed by atoms with Gasteiger partial charge in [0.1, 0.15) is 11.5 Å². The average molecular weight is 340 g/mol. The highest BCUT2D eigenvalue weighted by Crippen LogP contribution is 2.14. The second-order valence-corrected chi connectivity index (χ2v) is 5.89. The molecule has 1 fully saturated rings. The van der Waals surface area contributed by atoms with Gasteiger partial charge in [0, 0.05) is 24.4 Å². The normalized spacial score (nSPS) is 16.4. The molecule has 1 aromatic heterocycles. The number of carbonyl (C=O) groups is 2. The number of benzene rings is 1. The molecule has 0 radical (unpaired) electrons. The number of nitrogens with one attached hydrogen (secondary N) is 2. The third-order valence-corrected chi connectivity index (χ3v) is 3.95. The van der Waals surface area contributed by atoms with Gasteiger partial charge >= 0.3 is 0 Å². The lowest BCUT2D eigenvalue weighted by Crippen LogP contribution is -2.19. The number of ketones is 1. The van der Waals surface area contributed by atoms with E-state index in [0.717, 1.165) is 19.4 Å². The van der Waals surface area contributed by atoms with E-state index in [2.05, 4.69) is 20.6 Å². The summed E-state index contributed by atoms with van der Waals surface area (Å²) in [6.45, 7) is 2.97. The second-order valence-electron chi connectivity index (χ2n) is 5.89. The predicted molar refractivity (Wildman–Crippen MR) is 93.9 cm³/mol. The van der Waals surface area contributed by atoms with Crippen molar-refractivity contribution in [2.24, 2.45) is 0 Å². The van der Waals surface area contributed by atoms with Crippen LogP contribution in [-0.2, 0) is 4.74 Å². The summed E-state index contributed by atoms with van der Waals surface area (Å²) in [5, 5.41) is 5.87. The van der Waals surface area contributed by atoms with Gasteiger partial charge in [-0.15, -0.1) is 0 Å². The maximum absolute atomic E-state index is 12.2. The Hall–Kier alpha value is -2.80. The lowest BCUT2D eigenvalue weighted by molar-refractivity contribution is 0.100. The van der Waals surface area contributed by atoms with Crippen LogP contribution in [0.5, 0.6) is 0 Å². The summed E-state index contributed by atoms with van der Waals surface area (Å²) >= 11 is 0. The fourth-order valence-electron chi connectivity index (χ4n) is 2.57. The largest absolute Gasteiger partial charge is 0.376 e. The zero-order chi connectivity index (χ0) is 17.6. The quantitative estimate of drug-likeness (QED) is 0.785. The Morgan fingerprint density at radius 3 is 2.84 bits per heavy atom. The van der Waals surface area contributed by atoms with Crippen LogP contribution in [0.1, 0.15) is 40.6 Å². The monoisotopic (exact) mass is 340 g/mol. The van der Waals surface area contributed by atoms with Crippen LogP contribution in [0.15, 0.2) is 36.7 Å². The van der Waals surface area contributed by atoms with E-state index < -0.39 is 0 Å². The minimum Gasteiger partial charge on any atom is -0.376 e. The molecule has 1 aliphatic heterocycles. The van der Waals surface area contributed by atoms with Crippen molar-refractivity contribution in [3.63, 3.8) is 0 Å². The van der Waals surface area contributed by atoms with E-state index in [1.54, 1.807) is 24.3 Å². The molecule has 1 saturated heterocycles. The highest BCUT2D eigenvalue weighted by molar-refractivity contribution is 6.03. The van der Waals surface area contributed by atoms with E-state index in [0.29, 0.717) is 23.6 Å². The van der Waals surface area contributed by atoms with Crippen LogP contribution >= 0.6 is 0 Å². The molecule has 0 saturated carbocycles. The van der Waals surface area contributed by atoms with Crippen LogP contribution < -0.4 is 10.6 Å². The molecule has 1 aliphatic rings. The van der Waals surface area contributed by atoms with Gasteiger partial charge in [-0.2, -0.15) is 0 Å². The Bertz CT molecular complexity index is 755. The Morgan fingerprint density at radius 1 is 1.28 bits per heavy atom. The Labute approximate surface area is 145 Å². The highest BCUT2D eigenvalue weighted by atomic mass is 16.5. The lowest BCUT2D eigenvalue weighted by Gasteiger charge is -2.11. The summed E-state index contributed by atoms with van der Waals surface area (Å²) < 4.78 is 5.53. The minimum atomic E-state index is -0.376. The molecule has 3 rings (SSSR count).